The lowest BCUT2D eigenvalue weighted by Gasteiger charge is -2.11. The summed E-state index contributed by atoms with van der Waals surface area (Å²) in [4.78, 5) is 27.2. The van der Waals surface area contributed by atoms with Gasteiger partial charge in [0.2, 0.25) is 0 Å². The molecule has 2 aromatic carbocycles. The van der Waals surface area contributed by atoms with Crippen molar-refractivity contribution in [3.05, 3.63) is 63.4 Å². The standard InChI is InChI=1S/C17H13ClN2O4/c1-24-13-8-9(18)6-7-12(13)20-17(23)14-15(21)10-4-2-3-5-11(10)19-16(14)22/h2-8H,1H3,(H,20,23)(H2,19,21,22). The number of halogens is 1. The zero-order valence-electron chi connectivity index (χ0n) is 12.6. The van der Waals surface area contributed by atoms with Crippen LogP contribution in [0.15, 0.2) is 47.3 Å². The van der Waals surface area contributed by atoms with Crippen LogP contribution >= 0.6 is 11.6 Å². The highest BCUT2D eigenvalue weighted by Gasteiger charge is 2.20. The molecular formula is C17H13ClN2O4. The number of pyridine rings is 1. The summed E-state index contributed by atoms with van der Waals surface area (Å²) in [6, 6.07) is 11.3. The molecule has 0 saturated heterocycles. The number of anilines is 1. The summed E-state index contributed by atoms with van der Waals surface area (Å²) in [5.74, 6) is -0.785. The first kappa shape index (κ1) is 15.9. The van der Waals surface area contributed by atoms with Gasteiger partial charge in [0.05, 0.1) is 18.3 Å². The summed E-state index contributed by atoms with van der Waals surface area (Å²) in [5.41, 5.74) is -0.276. The molecule has 1 aromatic heterocycles. The number of fused-ring (bicyclic) bond motifs is 1. The molecule has 122 valence electrons. The molecule has 6 nitrogen and oxygen atoms in total. The molecule has 0 aliphatic carbocycles. The highest BCUT2D eigenvalue weighted by Crippen LogP contribution is 2.29. The zero-order valence-corrected chi connectivity index (χ0v) is 13.3. The molecule has 1 heterocycles. The van der Waals surface area contributed by atoms with Crippen LogP contribution in [0.3, 0.4) is 0 Å². The molecular weight excluding hydrogens is 332 g/mol. The quantitative estimate of drug-likeness (QED) is 0.680. The van der Waals surface area contributed by atoms with E-state index in [1.807, 2.05) is 0 Å². The first-order valence-electron chi connectivity index (χ1n) is 7.00. The minimum Gasteiger partial charge on any atom is -0.506 e. The number of carbonyl (C=O) groups is 1. The Bertz CT molecular complexity index is 998. The van der Waals surface area contributed by atoms with Crippen LogP contribution in [0.4, 0.5) is 5.69 Å². The number of benzene rings is 2. The molecule has 0 spiro atoms. The zero-order chi connectivity index (χ0) is 17.3. The fraction of sp³-hybridized carbons (Fsp3) is 0.0588. The Morgan fingerprint density at radius 1 is 1.25 bits per heavy atom. The fourth-order valence-electron chi connectivity index (χ4n) is 2.39. The van der Waals surface area contributed by atoms with Gasteiger partial charge in [0, 0.05) is 16.5 Å². The molecule has 0 bridgehead atoms. The largest absolute Gasteiger partial charge is 0.506 e. The lowest BCUT2D eigenvalue weighted by Crippen LogP contribution is -2.23. The first-order chi connectivity index (χ1) is 11.5. The number of ether oxygens (including phenoxy) is 1. The van der Waals surface area contributed by atoms with E-state index in [9.17, 15) is 14.7 Å². The van der Waals surface area contributed by atoms with E-state index in [2.05, 4.69) is 10.3 Å². The molecule has 0 radical (unpaired) electrons. The molecule has 0 unspecified atom stereocenters. The second-order valence-corrected chi connectivity index (χ2v) is 5.46. The Balaban J connectivity index is 2.05. The maximum atomic E-state index is 12.5. The lowest BCUT2D eigenvalue weighted by atomic mass is 10.1. The van der Waals surface area contributed by atoms with Gasteiger partial charge >= 0.3 is 0 Å². The second-order valence-electron chi connectivity index (χ2n) is 5.02. The van der Waals surface area contributed by atoms with E-state index in [0.717, 1.165) is 0 Å². The summed E-state index contributed by atoms with van der Waals surface area (Å²) in [6.45, 7) is 0. The normalized spacial score (nSPS) is 10.6. The molecule has 0 fully saturated rings. The van der Waals surface area contributed by atoms with Gasteiger partial charge < -0.3 is 20.1 Å². The third-order valence-corrected chi connectivity index (χ3v) is 3.77. The lowest BCUT2D eigenvalue weighted by molar-refractivity contribution is 0.102. The van der Waals surface area contributed by atoms with E-state index in [4.69, 9.17) is 16.3 Å². The smallest absolute Gasteiger partial charge is 0.265 e. The van der Waals surface area contributed by atoms with Gasteiger partial charge in [-0.05, 0) is 24.3 Å². The van der Waals surface area contributed by atoms with Gasteiger partial charge in [-0.25, -0.2) is 0 Å². The van der Waals surface area contributed by atoms with Crippen LogP contribution in [0.1, 0.15) is 10.4 Å². The predicted octanol–water partition coefficient (Wildman–Crippen LogP) is 3.15. The number of carbonyl (C=O) groups excluding carboxylic acids is 1. The highest BCUT2D eigenvalue weighted by molar-refractivity contribution is 6.30. The van der Waals surface area contributed by atoms with Crippen molar-refractivity contribution in [1.29, 1.82) is 0 Å². The number of hydrogen-bond acceptors (Lipinski definition) is 4. The van der Waals surface area contributed by atoms with Crippen LogP contribution < -0.4 is 15.6 Å². The van der Waals surface area contributed by atoms with Gasteiger partial charge in [0.25, 0.3) is 11.5 Å². The minimum atomic E-state index is -0.750. The van der Waals surface area contributed by atoms with E-state index in [-0.39, 0.29) is 11.3 Å². The van der Waals surface area contributed by atoms with E-state index < -0.39 is 11.5 Å². The van der Waals surface area contributed by atoms with Crippen molar-refractivity contribution in [2.45, 2.75) is 0 Å². The number of aromatic amines is 1. The van der Waals surface area contributed by atoms with E-state index >= 15 is 0 Å². The number of nitrogens with one attached hydrogen (secondary N) is 2. The maximum Gasteiger partial charge on any atom is 0.265 e. The average Bonchev–Trinajstić information content (AvgIpc) is 2.56. The minimum absolute atomic E-state index is 0.332. The van der Waals surface area contributed by atoms with Crippen LogP contribution in [-0.4, -0.2) is 23.1 Å². The van der Waals surface area contributed by atoms with Gasteiger partial charge in [-0.15, -0.1) is 0 Å². The molecule has 24 heavy (non-hydrogen) atoms. The van der Waals surface area contributed by atoms with Gasteiger partial charge in [0.1, 0.15) is 17.1 Å². The summed E-state index contributed by atoms with van der Waals surface area (Å²) >= 11 is 5.88. The highest BCUT2D eigenvalue weighted by atomic mass is 35.5. The van der Waals surface area contributed by atoms with Crippen molar-refractivity contribution in [2.75, 3.05) is 12.4 Å². The maximum absolute atomic E-state index is 12.5. The molecule has 3 N–H and O–H groups in total. The Kier molecular flexibility index (Phi) is 4.14. The number of aromatic hydroxyl groups is 1. The number of amides is 1. The Hall–Kier alpha value is -2.99. The number of rotatable bonds is 3. The van der Waals surface area contributed by atoms with Crippen LogP contribution in [0.25, 0.3) is 10.9 Å². The van der Waals surface area contributed by atoms with Crippen molar-refractivity contribution >= 4 is 34.1 Å². The van der Waals surface area contributed by atoms with E-state index in [0.29, 0.717) is 27.4 Å². The van der Waals surface area contributed by atoms with Gasteiger partial charge in [-0.1, -0.05) is 23.7 Å². The van der Waals surface area contributed by atoms with E-state index in [1.165, 1.54) is 13.2 Å². The molecule has 0 aliphatic heterocycles. The number of methoxy groups -OCH3 is 1. The monoisotopic (exact) mass is 344 g/mol. The fourth-order valence-corrected chi connectivity index (χ4v) is 2.55. The second kappa shape index (κ2) is 6.25. The molecule has 7 heteroatoms. The van der Waals surface area contributed by atoms with Crippen molar-refractivity contribution in [2.24, 2.45) is 0 Å². The van der Waals surface area contributed by atoms with Crippen LogP contribution in [0.5, 0.6) is 11.5 Å². The molecule has 0 atom stereocenters. The summed E-state index contributed by atoms with van der Waals surface area (Å²) in [6.07, 6.45) is 0. The number of hydrogen-bond donors (Lipinski definition) is 3. The van der Waals surface area contributed by atoms with Crippen LogP contribution in [0.2, 0.25) is 5.02 Å². The summed E-state index contributed by atoms with van der Waals surface area (Å²) < 4.78 is 5.15. The number of para-hydroxylation sites is 1. The molecule has 0 saturated carbocycles. The number of H-pyrrole nitrogens is 1. The molecule has 0 aliphatic rings. The Morgan fingerprint density at radius 2 is 2.00 bits per heavy atom. The van der Waals surface area contributed by atoms with Crippen molar-refractivity contribution in [3.8, 4) is 11.5 Å². The summed E-state index contributed by atoms with van der Waals surface area (Å²) in [5, 5.41) is 13.7. The summed E-state index contributed by atoms with van der Waals surface area (Å²) in [7, 11) is 1.43. The van der Waals surface area contributed by atoms with Gasteiger partial charge in [-0.2, -0.15) is 0 Å². The predicted molar refractivity (Wildman–Crippen MR) is 92.2 cm³/mol. The number of aromatic nitrogens is 1. The SMILES string of the molecule is COc1cc(Cl)ccc1NC(=O)c1c(O)c2ccccc2[nH]c1=O. The Labute approximate surface area is 141 Å². The van der Waals surface area contributed by atoms with Crippen molar-refractivity contribution in [3.63, 3.8) is 0 Å². The molecule has 1 amide bonds. The van der Waals surface area contributed by atoms with Crippen LogP contribution in [0, 0.1) is 0 Å². The van der Waals surface area contributed by atoms with Crippen LogP contribution in [-0.2, 0) is 0 Å². The van der Waals surface area contributed by atoms with Gasteiger partial charge in [-0.3, -0.25) is 9.59 Å². The average molecular weight is 345 g/mol. The van der Waals surface area contributed by atoms with Gasteiger partial charge in [0.15, 0.2) is 0 Å². The Morgan fingerprint density at radius 3 is 2.75 bits per heavy atom. The molecule has 3 rings (SSSR count). The topological polar surface area (TPSA) is 91.4 Å². The van der Waals surface area contributed by atoms with Crippen molar-refractivity contribution in [1.82, 2.24) is 4.98 Å². The molecule has 3 aromatic rings. The third kappa shape index (κ3) is 2.79. The third-order valence-electron chi connectivity index (χ3n) is 3.53. The van der Waals surface area contributed by atoms with Crippen molar-refractivity contribution < 1.29 is 14.6 Å². The van der Waals surface area contributed by atoms with E-state index in [1.54, 1.807) is 36.4 Å². The first-order valence-corrected chi connectivity index (χ1v) is 7.38.